The third kappa shape index (κ3) is 5.59. The van der Waals surface area contributed by atoms with Crippen molar-refractivity contribution in [3.8, 4) is 11.5 Å². The maximum Gasteiger partial charge on any atom is 0.265 e. The lowest BCUT2D eigenvalue weighted by molar-refractivity contribution is -0.121. The van der Waals surface area contributed by atoms with Crippen LogP contribution in [0.15, 0.2) is 42.5 Å². The molecule has 1 fully saturated rings. The minimum Gasteiger partial charge on any atom is -0.484 e. The summed E-state index contributed by atoms with van der Waals surface area (Å²) < 4.78 is 11.2. The van der Waals surface area contributed by atoms with Gasteiger partial charge in [0.15, 0.2) is 13.2 Å². The first-order valence-electron chi connectivity index (χ1n) is 11.4. The number of piperidine rings is 1. The van der Waals surface area contributed by atoms with E-state index in [0.29, 0.717) is 29.4 Å². The Morgan fingerprint density at radius 3 is 2.59 bits per heavy atom. The van der Waals surface area contributed by atoms with Crippen LogP contribution in [0.25, 0.3) is 0 Å². The van der Waals surface area contributed by atoms with Crippen LogP contribution in [-0.4, -0.2) is 56.1 Å². The van der Waals surface area contributed by atoms with Gasteiger partial charge in [0.05, 0.1) is 5.69 Å². The zero-order chi connectivity index (χ0) is 22.3. The van der Waals surface area contributed by atoms with E-state index in [9.17, 15) is 9.59 Å². The SMILES string of the molecule is CCc1ccc(OCC(=O)Nc2ccc3c(c2)N(CCN2CCCCC2)C(=O)CO3)cc1. The normalized spacial score (nSPS) is 16.3. The molecule has 1 saturated heterocycles. The van der Waals surface area contributed by atoms with Crippen molar-refractivity contribution in [3.63, 3.8) is 0 Å². The summed E-state index contributed by atoms with van der Waals surface area (Å²) >= 11 is 0. The molecule has 2 aromatic carbocycles. The van der Waals surface area contributed by atoms with Gasteiger partial charge in [-0.15, -0.1) is 0 Å². The number of fused-ring (bicyclic) bond motifs is 1. The number of aryl methyl sites for hydroxylation is 1. The maximum absolute atomic E-state index is 12.5. The third-order valence-corrected chi connectivity index (χ3v) is 5.98. The van der Waals surface area contributed by atoms with Crippen molar-refractivity contribution in [1.82, 2.24) is 4.90 Å². The molecule has 0 bridgehead atoms. The van der Waals surface area contributed by atoms with Gasteiger partial charge >= 0.3 is 0 Å². The van der Waals surface area contributed by atoms with Crippen LogP contribution in [0.5, 0.6) is 11.5 Å². The fourth-order valence-corrected chi connectivity index (χ4v) is 4.12. The van der Waals surface area contributed by atoms with Gasteiger partial charge in [-0.2, -0.15) is 0 Å². The lowest BCUT2D eigenvalue weighted by atomic mass is 10.1. The zero-order valence-electron chi connectivity index (χ0n) is 18.6. The van der Waals surface area contributed by atoms with Crippen LogP contribution in [0, 0.1) is 0 Å². The number of hydrogen-bond acceptors (Lipinski definition) is 5. The number of rotatable bonds is 8. The highest BCUT2D eigenvalue weighted by atomic mass is 16.5. The standard InChI is InChI=1S/C25H31N3O4/c1-2-19-6-9-21(10-7-19)31-17-24(29)26-20-8-11-23-22(16-20)28(25(30)18-32-23)15-14-27-12-4-3-5-13-27/h6-11,16H,2-5,12-15,17-18H2,1H3,(H,26,29). The number of amides is 2. The van der Waals surface area contributed by atoms with Gasteiger partial charge in [0.1, 0.15) is 11.5 Å². The largest absolute Gasteiger partial charge is 0.484 e. The van der Waals surface area contributed by atoms with Crippen LogP contribution in [0.2, 0.25) is 0 Å². The van der Waals surface area contributed by atoms with Crippen LogP contribution in [0.3, 0.4) is 0 Å². The predicted molar refractivity (Wildman–Crippen MR) is 125 cm³/mol. The molecule has 1 N–H and O–H groups in total. The van der Waals surface area contributed by atoms with Gasteiger partial charge in [-0.25, -0.2) is 0 Å². The number of likely N-dealkylation sites (tertiary alicyclic amines) is 1. The van der Waals surface area contributed by atoms with Crippen LogP contribution >= 0.6 is 0 Å². The van der Waals surface area contributed by atoms with Crippen molar-refractivity contribution in [3.05, 3.63) is 48.0 Å². The second kappa shape index (κ2) is 10.5. The van der Waals surface area contributed by atoms with E-state index in [0.717, 1.165) is 26.1 Å². The summed E-state index contributed by atoms with van der Waals surface area (Å²) in [4.78, 5) is 29.1. The van der Waals surface area contributed by atoms with Crippen molar-refractivity contribution < 1.29 is 19.1 Å². The molecule has 0 saturated carbocycles. The smallest absolute Gasteiger partial charge is 0.265 e. The van der Waals surface area contributed by atoms with Gasteiger partial charge in [-0.1, -0.05) is 25.5 Å². The number of nitrogens with zero attached hydrogens (tertiary/aromatic N) is 2. The van der Waals surface area contributed by atoms with Crippen LogP contribution in [0.4, 0.5) is 11.4 Å². The lowest BCUT2D eigenvalue weighted by Crippen LogP contribution is -2.44. The summed E-state index contributed by atoms with van der Waals surface area (Å²) in [6, 6.07) is 13.1. The Balaban J connectivity index is 1.36. The van der Waals surface area contributed by atoms with E-state index in [1.807, 2.05) is 24.3 Å². The number of carbonyl (C=O) groups excluding carboxylic acids is 2. The Kier molecular flexibility index (Phi) is 7.27. The highest BCUT2D eigenvalue weighted by molar-refractivity contribution is 5.99. The highest BCUT2D eigenvalue weighted by Gasteiger charge is 2.26. The van der Waals surface area contributed by atoms with Gasteiger partial charge in [-0.3, -0.25) is 9.59 Å². The Hall–Kier alpha value is -3.06. The molecule has 0 radical (unpaired) electrons. The number of carbonyl (C=O) groups is 2. The van der Waals surface area contributed by atoms with E-state index in [1.165, 1.54) is 24.8 Å². The molecule has 2 amide bonds. The van der Waals surface area contributed by atoms with E-state index in [1.54, 1.807) is 23.1 Å². The van der Waals surface area contributed by atoms with Crippen LogP contribution in [0.1, 0.15) is 31.7 Å². The molecule has 2 aliphatic rings. The van der Waals surface area contributed by atoms with Gasteiger partial charge in [0.25, 0.3) is 11.8 Å². The first-order valence-corrected chi connectivity index (χ1v) is 11.4. The van der Waals surface area contributed by atoms with Crippen molar-refractivity contribution in [2.45, 2.75) is 32.6 Å². The maximum atomic E-state index is 12.5. The summed E-state index contributed by atoms with van der Waals surface area (Å²) in [5.41, 5.74) is 2.53. The number of nitrogens with one attached hydrogen (secondary N) is 1. The molecule has 0 unspecified atom stereocenters. The fraction of sp³-hybridized carbons (Fsp3) is 0.440. The lowest BCUT2D eigenvalue weighted by Gasteiger charge is -2.33. The highest BCUT2D eigenvalue weighted by Crippen LogP contribution is 2.34. The van der Waals surface area contributed by atoms with Crippen molar-refractivity contribution in [2.75, 3.05) is 49.6 Å². The van der Waals surface area contributed by atoms with Crippen molar-refractivity contribution in [2.24, 2.45) is 0 Å². The molecule has 7 nitrogen and oxygen atoms in total. The summed E-state index contributed by atoms with van der Waals surface area (Å²) in [5, 5.41) is 2.86. The van der Waals surface area contributed by atoms with E-state index in [-0.39, 0.29) is 25.0 Å². The minimum absolute atomic E-state index is 0.0450. The van der Waals surface area contributed by atoms with E-state index in [2.05, 4.69) is 17.1 Å². The minimum atomic E-state index is -0.257. The Bertz CT molecular complexity index is 939. The Labute approximate surface area is 189 Å². The summed E-state index contributed by atoms with van der Waals surface area (Å²) in [5.74, 6) is 1.00. The second-order valence-electron chi connectivity index (χ2n) is 8.25. The fourth-order valence-electron chi connectivity index (χ4n) is 4.12. The van der Waals surface area contributed by atoms with Crippen molar-refractivity contribution in [1.29, 1.82) is 0 Å². The molecule has 4 rings (SSSR count). The van der Waals surface area contributed by atoms with E-state index < -0.39 is 0 Å². The Morgan fingerprint density at radius 2 is 1.84 bits per heavy atom. The molecule has 0 aliphatic carbocycles. The van der Waals surface area contributed by atoms with Crippen LogP contribution < -0.4 is 19.7 Å². The van der Waals surface area contributed by atoms with Gasteiger partial charge in [-0.05, 0) is 68.2 Å². The average molecular weight is 438 g/mol. The van der Waals surface area contributed by atoms with Crippen LogP contribution in [-0.2, 0) is 16.0 Å². The number of ether oxygens (including phenoxy) is 2. The molecule has 0 aromatic heterocycles. The number of benzene rings is 2. The molecule has 2 aliphatic heterocycles. The summed E-state index contributed by atoms with van der Waals surface area (Å²) in [6.45, 7) is 5.68. The zero-order valence-corrected chi connectivity index (χ0v) is 18.6. The summed E-state index contributed by atoms with van der Waals surface area (Å²) in [7, 11) is 0. The first kappa shape index (κ1) is 22.1. The molecule has 2 heterocycles. The third-order valence-electron chi connectivity index (χ3n) is 5.98. The number of anilines is 2. The summed E-state index contributed by atoms with van der Waals surface area (Å²) in [6.07, 6.45) is 4.68. The monoisotopic (exact) mass is 437 g/mol. The van der Waals surface area contributed by atoms with Crippen molar-refractivity contribution >= 4 is 23.2 Å². The topological polar surface area (TPSA) is 71.1 Å². The second-order valence-corrected chi connectivity index (χ2v) is 8.25. The molecule has 170 valence electrons. The quantitative estimate of drug-likeness (QED) is 0.685. The number of hydrogen-bond donors (Lipinski definition) is 1. The Morgan fingerprint density at radius 1 is 1.06 bits per heavy atom. The average Bonchev–Trinajstić information content (AvgIpc) is 2.83. The van der Waals surface area contributed by atoms with Gasteiger partial charge in [0.2, 0.25) is 0 Å². The predicted octanol–water partition coefficient (Wildman–Crippen LogP) is 3.48. The molecular formula is C25H31N3O4. The van der Waals surface area contributed by atoms with E-state index in [4.69, 9.17) is 9.47 Å². The molecule has 2 aromatic rings. The molecule has 7 heteroatoms. The van der Waals surface area contributed by atoms with Gasteiger partial charge < -0.3 is 24.6 Å². The molecule has 32 heavy (non-hydrogen) atoms. The molecular weight excluding hydrogens is 406 g/mol. The molecule has 0 spiro atoms. The van der Waals surface area contributed by atoms with E-state index >= 15 is 0 Å². The first-order chi connectivity index (χ1) is 15.6. The molecule has 0 atom stereocenters. The van der Waals surface area contributed by atoms with Gasteiger partial charge in [0, 0.05) is 18.8 Å².